The van der Waals surface area contributed by atoms with Crippen LogP contribution in [-0.2, 0) is 4.79 Å². The van der Waals surface area contributed by atoms with Crippen molar-refractivity contribution in [3.8, 4) is 0 Å². The van der Waals surface area contributed by atoms with E-state index in [-0.39, 0.29) is 11.7 Å². The third kappa shape index (κ3) is 11.1. The van der Waals surface area contributed by atoms with Crippen molar-refractivity contribution in [2.24, 2.45) is 17.8 Å². The third-order valence-electron chi connectivity index (χ3n) is 3.95. The van der Waals surface area contributed by atoms with Crippen LogP contribution in [0.3, 0.4) is 0 Å². The Morgan fingerprint density at radius 1 is 1.00 bits per heavy atom. The summed E-state index contributed by atoms with van der Waals surface area (Å²) in [5, 5.41) is 0. The number of carbonyl (C=O) groups excluding carboxylic acids is 1. The number of allylic oxidation sites excluding steroid dienone is 1. The molecule has 0 aromatic heterocycles. The predicted molar refractivity (Wildman–Crippen MR) is 88.8 cm³/mol. The number of hydrogen-bond acceptors (Lipinski definition) is 1. The fraction of sp³-hybridized carbons (Fsp3) is 0.789. The lowest BCUT2D eigenvalue weighted by Crippen LogP contribution is -2.01. The second kappa shape index (κ2) is 10.9. The summed E-state index contributed by atoms with van der Waals surface area (Å²) < 4.78 is 0. The molecular formula is C19H34O. The molecule has 0 aromatic rings. The van der Waals surface area contributed by atoms with Crippen LogP contribution in [0.5, 0.6) is 0 Å². The minimum Gasteiger partial charge on any atom is -0.299 e. The van der Waals surface area contributed by atoms with Gasteiger partial charge in [-0.25, -0.2) is 0 Å². The minimum atomic E-state index is -0.0000860. The molecule has 0 aliphatic heterocycles. The van der Waals surface area contributed by atoms with Gasteiger partial charge in [0.05, 0.1) is 0 Å². The Labute approximate surface area is 126 Å². The van der Waals surface area contributed by atoms with Crippen molar-refractivity contribution in [2.45, 2.75) is 80.1 Å². The lowest BCUT2D eigenvalue weighted by atomic mass is 9.94. The normalized spacial score (nSPS) is 13.8. The fourth-order valence-electron chi connectivity index (χ4n) is 2.19. The summed E-state index contributed by atoms with van der Waals surface area (Å²) in [5.74, 6) is 1.88. The maximum Gasteiger partial charge on any atom is 0.137 e. The third-order valence-corrected chi connectivity index (χ3v) is 3.95. The van der Waals surface area contributed by atoms with Crippen LogP contribution >= 0.6 is 0 Å². The van der Waals surface area contributed by atoms with Gasteiger partial charge < -0.3 is 0 Å². The Hall–Kier alpha value is -0.810. The highest BCUT2D eigenvalue weighted by molar-refractivity contribution is 5.79. The Balaban J connectivity index is 3.87. The van der Waals surface area contributed by atoms with Gasteiger partial charge >= 0.3 is 0 Å². The molecule has 0 aromatic carbocycles. The van der Waals surface area contributed by atoms with E-state index in [1.807, 2.05) is 13.0 Å². The highest BCUT2D eigenvalue weighted by atomic mass is 16.1. The van der Waals surface area contributed by atoms with E-state index in [4.69, 9.17) is 0 Å². The highest BCUT2D eigenvalue weighted by Gasteiger charge is 2.04. The molecule has 0 N–H and O–H groups in total. The van der Waals surface area contributed by atoms with Crippen LogP contribution in [0.1, 0.15) is 80.1 Å². The zero-order valence-electron chi connectivity index (χ0n) is 14.5. The van der Waals surface area contributed by atoms with Crippen molar-refractivity contribution in [2.75, 3.05) is 0 Å². The molecular weight excluding hydrogens is 244 g/mol. The van der Waals surface area contributed by atoms with E-state index >= 15 is 0 Å². The summed E-state index contributed by atoms with van der Waals surface area (Å²) >= 11 is 0. The van der Waals surface area contributed by atoms with Crippen molar-refractivity contribution in [1.29, 1.82) is 0 Å². The molecule has 1 nitrogen and oxygen atoms in total. The van der Waals surface area contributed by atoms with Gasteiger partial charge in [0.1, 0.15) is 5.78 Å². The van der Waals surface area contributed by atoms with Gasteiger partial charge in [0, 0.05) is 5.92 Å². The van der Waals surface area contributed by atoms with Crippen LogP contribution in [-0.4, -0.2) is 5.78 Å². The molecule has 0 saturated carbocycles. The molecule has 0 fully saturated rings. The second-order valence-electron chi connectivity index (χ2n) is 6.81. The summed E-state index contributed by atoms with van der Waals surface area (Å²) in [6, 6.07) is 0. The summed E-state index contributed by atoms with van der Waals surface area (Å²) in [6.07, 6.45) is 9.64. The van der Waals surface area contributed by atoms with Gasteiger partial charge in [0.25, 0.3) is 0 Å². The maximum atomic E-state index is 11.1. The average molecular weight is 278 g/mol. The molecule has 0 heterocycles. The SMILES string of the molecule is CC(=O)C(C)C=C=C(C)CCCC(C)CCCC(C)C. The summed E-state index contributed by atoms with van der Waals surface area (Å²) in [4.78, 5) is 11.1. The van der Waals surface area contributed by atoms with Gasteiger partial charge in [-0.3, -0.25) is 4.79 Å². The molecule has 0 amide bonds. The highest BCUT2D eigenvalue weighted by Crippen LogP contribution is 2.18. The number of ketones is 1. The lowest BCUT2D eigenvalue weighted by molar-refractivity contribution is -0.118. The smallest absolute Gasteiger partial charge is 0.137 e. The predicted octanol–water partition coefficient (Wildman–Crippen LogP) is 5.95. The van der Waals surface area contributed by atoms with Gasteiger partial charge in [0.15, 0.2) is 0 Å². The van der Waals surface area contributed by atoms with Crippen LogP contribution in [0.2, 0.25) is 0 Å². The molecule has 0 bridgehead atoms. The number of carbonyl (C=O) groups is 1. The molecule has 0 aliphatic carbocycles. The molecule has 0 rings (SSSR count). The van der Waals surface area contributed by atoms with Gasteiger partial charge in [-0.1, -0.05) is 53.4 Å². The van der Waals surface area contributed by atoms with Crippen LogP contribution in [0.25, 0.3) is 0 Å². The lowest BCUT2D eigenvalue weighted by Gasteiger charge is -2.11. The standard InChI is InChI=1S/C19H34O/c1-15(2)9-7-10-16(3)11-8-12-17(4)13-14-18(5)19(6)20/h14-16,18H,7-12H2,1-6H3. The van der Waals surface area contributed by atoms with Crippen molar-refractivity contribution >= 4 is 5.78 Å². The minimum absolute atomic E-state index is 0.0000860. The molecule has 20 heavy (non-hydrogen) atoms. The Kier molecular flexibility index (Phi) is 10.5. The fourth-order valence-corrected chi connectivity index (χ4v) is 2.19. The molecule has 2 atom stereocenters. The van der Waals surface area contributed by atoms with Gasteiger partial charge in [-0.15, -0.1) is 5.73 Å². The van der Waals surface area contributed by atoms with E-state index in [0.29, 0.717) is 0 Å². The van der Waals surface area contributed by atoms with Gasteiger partial charge in [0.2, 0.25) is 0 Å². The van der Waals surface area contributed by atoms with Crippen molar-refractivity contribution in [3.05, 3.63) is 17.4 Å². The van der Waals surface area contributed by atoms with Crippen molar-refractivity contribution < 1.29 is 4.79 Å². The van der Waals surface area contributed by atoms with Crippen LogP contribution in [0.15, 0.2) is 17.4 Å². The van der Waals surface area contributed by atoms with E-state index in [2.05, 4.69) is 33.4 Å². The first-order valence-electron chi connectivity index (χ1n) is 8.25. The van der Waals surface area contributed by atoms with E-state index in [9.17, 15) is 4.79 Å². The summed E-state index contributed by atoms with van der Waals surface area (Å²) in [7, 11) is 0. The second-order valence-corrected chi connectivity index (χ2v) is 6.81. The molecule has 0 spiro atoms. The van der Waals surface area contributed by atoms with E-state index < -0.39 is 0 Å². The van der Waals surface area contributed by atoms with Crippen LogP contribution < -0.4 is 0 Å². The molecule has 1 heteroatoms. The van der Waals surface area contributed by atoms with E-state index in [1.54, 1.807) is 6.92 Å². The zero-order valence-corrected chi connectivity index (χ0v) is 14.5. The van der Waals surface area contributed by atoms with Crippen molar-refractivity contribution in [1.82, 2.24) is 0 Å². The number of Topliss-reactive ketones (excluding diaryl/α,β-unsaturated/α-hetero) is 1. The topological polar surface area (TPSA) is 17.1 Å². The van der Waals surface area contributed by atoms with Crippen molar-refractivity contribution in [3.63, 3.8) is 0 Å². The van der Waals surface area contributed by atoms with Crippen LogP contribution in [0, 0.1) is 17.8 Å². The average Bonchev–Trinajstić information content (AvgIpc) is 2.35. The maximum absolute atomic E-state index is 11.1. The molecule has 116 valence electrons. The first-order chi connectivity index (χ1) is 9.32. The summed E-state index contributed by atoms with van der Waals surface area (Å²) in [5.41, 5.74) is 4.54. The first-order valence-corrected chi connectivity index (χ1v) is 8.25. The Morgan fingerprint density at radius 2 is 1.60 bits per heavy atom. The quantitative estimate of drug-likeness (QED) is 0.451. The molecule has 0 radical (unpaired) electrons. The first kappa shape index (κ1) is 19.2. The molecule has 0 aliphatic rings. The monoisotopic (exact) mass is 278 g/mol. The van der Waals surface area contributed by atoms with Gasteiger partial charge in [-0.05, 0) is 50.2 Å². The largest absolute Gasteiger partial charge is 0.299 e. The Morgan fingerprint density at radius 3 is 2.15 bits per heavy atom. The molecule has 2 unspecified atom stereocenters. The van der Waals surface area contributed by atoms with Gasteiger partial charge in [-0.2, -0.15) is 0 Å². The Bertz CT molecular complexity index is 332. The number of hydrogen-bond donors (Lipinski definition) is 0. The zero-order chi connectivity index (χ0) is 15.5. The van der Waals surface area contributed by atoms with Crippen LogP contribution in [0.4, 0.5) is 0 Å². The van der Waals surface area contributed by atoms with E-state index in [1.165, 1.54) is 37.7 Å². The van der Waals surface area contributed by atoms with E-state index in [0.717, 1.165) is 18.3 Å². The number of rotatable bonds is 10. The molecule has 0 saturated heterocycles. The summed E-state index contributed by atoms with van der Waals surface area (Å²) in [6.45, 7) is 12.6.